The largest absolute Gasteiger partial charge is 0.295 e. The fraction of sp³-hybridized carbons (Fsp3) is 0.150. The lowest BCUT2D eigenvalue weighted by molar-refractivity contribution is -0.112. The molecule has 1 aliphatic heterocycles. The summed E-state index contributed by atoms with van der Waals surface area (Å²) in [7, 11) is 0. The smallest absolute Gasteiger partial charge is 0.279 e. The molecule has 2 aromatic carbocycles. The predicted octanol–water partition coefficient (Wildman–Crippen LogP) is 1.40. The summed E-state index contributed by atoms with van der Waals surface area (Å²) in [6, 6.07) is 15.0. The fourth-order valence-corrected chi connectivity index (χ4v) is 3.32. The number of hydrogen-bond acceptors (Lipinski definition) is 2. The van der Waals surface area contributed by atoms with Gasteiger partial charge in [-0.2, -0.15) is 0 Å². The molecule has 5 heteroatoms. The van der Waals surface area contributed by atoms with Gasteiger partial charge >= 0.3 is 0 Å². The van der Waals surface area contributed by atoms with E-state index in [-0.39, 0.29) is 11.5 Å². The summed E-state index contributed by atoms with van der Waals surface area (Å²) < 4.78 is 1.46. The van der Waals surface area contributed by atoms with E-state index in [1.807, 2.05) is 55.5 Å². The maximum absolute atomic E-state index is 13.0. The molecule has 0 saturated heterocycles. The number of aromatic amines is 1. The Morgan fingerprint density at radius 3 is 2.52 bits per heavy atom. The molecule has 0 atom stereocenters. The van der Waals surface area contributed by atoms with E-state index >= 15 is 0 Å². The first kappa shape index (κ1) is 15.3. The maximum atomic E-state index is 13.0. The summed E-state index contributed by atoms with van der Waals surface area (Å²) in [5.74, 6) is -0.352. The van der Waals surface area contributed by atoms with Gasteiger partial charge in [0.25, 0.3) is 11.5 Å². The van der Waals surface area contributed by atoms with Gasteiger partial charge in [0.05, 0.1) is 22.2 Å². The van der Waals surface area contributed by atoms with Crippen LogP contribution in [0.15, 0.2) is 58.3 Å². The number of nitrogens with zero attached hydrogens (tertiary/aromatic N) is 2. The SMILES string of the molecule is CCc1cccc2c1=NC(=O)C=2c1c(C)[nH]n(-c2ccccc2)c1=O. The quantitative estimate of drug-likeness (QED) is 0.788. The van der Waals surface area contributed by atoms with Crippen molar-refractivity contribution in [2.75, 3.05) is 0 Å². The molecule has 4 rings (SSSR count). The van der Waals surface area contributed by atoms with Crippen LogP contribution in [-0.4, -0.2) is 15.7 Å². The second kappa shape index (κ2) is 5.70. The zero-order valence-corrected chi connectivity index (χ0v) is 14.0. The third-order valence-electron chi connectivity index (χ3n) is 4.53. The molecule has 2 heterocycles. The zero-order chi connectivity index (χ0) is 17.6. The van der Waals surface area contributed by atoms with Gasteiger partial charge in [-0.25, -0.2) is 9.67 Å². The van der Waals surface area contributed by atoms with E-state index in [1.54, 1.807) is 6.92 Å². The van der Waals surface area contributed by atoms with Crippen molar-refractivity contribution in [2.45, 2.75) is 20.3 Å². The van der Waals surface area contributed by atoms with Gasteiger partial charge in [0, 0.05) is 10.9 Å². The van der Waals surface area contributed by atoms with E-state index in [1.165, 1.54) is 4.68 Å². The van der Waals surface area contributed by atoms with Crippen molar-refractivity contribution in [3.05, 3.63) is 86.3 Å². The molecule has 0 spiro atoms. The predicted molar refractivity (Wildman–Crippen MR) is 95.2 cm³/mol. The number of aryl methyl sites for hydroxylation is 2. The molecule has 1 aliphatic rings. The van der Waals surface area contributed by atoms with Crippen molar-refractivity contribution in [3.63, 3.8) is 0 Å². The van der Waals surface area contributed by atoms with Crippen LogP contribution in [0.1, 0.15) is 23.7 Å². The number of rotatable bonds is 3. The molecule has 0 unspecified atom stereocenters. The highest BCUT2D eigenvalue weighted by molar-refractivity contribution is 6.21. The lowest BCUT2D eigenvalue weighted by Crippen LogP contribution is -2.28. The summed E-state index contributed by atoms with van der Waals surface area (Å²) in [6.07, 6.45) is 0.785. The van der Waals surface area contributed by atoms with E-state index in [0.29, 0.717) is 22.2 Å². The minimum atomic E-state index is -0.352. The molecule has 0 saturated carbocycles. The number of hydrogen-bond donors (Lipinski definition) is 1. The summed E-state index contributed by atoms with van der Waals surface area (Å²) in [6.45, 7) is 3.83. The molecule has 25 heavy (non-hydrogen) atoms. The number of fused-ring (bicyclic) bond motifs is 1. The average molecular weight is 331 g/mol. The maximum Gasteiger partial charge on any atom is 0.279 e. The van der Waals surface area contributed by atoms with Crippen LogP contribution in [0.2, 0.25) is 0 Å². The Bertz CT molecular complexity index is 1170. The normalized spacial score (nSPS) is 13.0. The molecule has 3 aromatic rings. The van der Waals surface area contributed by atoms with Crippen molar-refractivity contribution in [2.24, 2.45) is 4.99 Å². The van der Waals surface area contributed by atoms with E-state index < -0.39 is 0 Å². The van der Waals surface area contributed by atoms with Gasteiger partial charge in [0.15, 0.2) is 0 Å². The number of carbonyl (C=O) groups is 1. The van der Waals surface area contributed by atoms with E-state index in [9.17, 15) is 9.59 Å². The number of carbonyl (C=O) groups excluding carboxylic acids is 1. The molecule has 0 fully saturated rings. The second-order valence-electron chi connectivity index (χ2n) is 6.05. The van der Waals surface area contributed by atoms with Crippen LogP contribution in [0.3, 0.4) is 0 Å². The highest BCUT2D eigenvalue weighted by Gasteiger charge is 2.26. The lowest BCUT2D eigenvalue weighted by atomic mass is 10.0. The van der Waals surface area contributed by atoms with Gasteiger partial charge in [-0.3, -0.25) is 14.7 Å². The van der Waals surface area contributed by atoms with Gasteiger partial charge in [0.2, 0.25) is 0 Å². The standard InChI is InChI=1S/C20H17N3O2/c1-3-13-8-7-11-15-17(19(24)21-18(13)15)16-12(2)22-23(20(16)25)14-9-5-4-6-10-14/h4-11,22H,3H2,1-2H3. The monoisotopic (exact) mass is 331 g/mol. The average Bonchev–Trinajstić information content (AvgIpc) is 3.11. The minimum absolute atomic E-state index is 0.239. The van der Waals surface area contributed by atoms with Crippen LogP contribution in [0.5, 0.6) is 0 Å². The third kappa shape index (κ3) is 2.28. The molecule has 0 radical (unpaired) electrons. The molecule has 1 N–H and O–H groups in total. The number of aromatic nitrogens is 2. The van der Waals surface area contributed by atoms with Crippen molar-refractivity contribution < 1.29 is 4.79 Å². The molecule has 1 aromatic heterocycles. The first-order valence-electron chi connectivity index (χ1n) is 8.24. The molecular formula is C20H17N3O2. The van der Waals surface area contributed by atoms with Crippen molar-refractivity contribution in [1.82, 2.24) is 9.78 Å². The summed E-state index contributed by atoms with van der Waals surface area (Å²) in [5, 5.41) is 4.51. The van der Waals surface area contributed by atoms with Gasteiger partial charge < -0.3 is 0 Å². The van der Waals surface area contributed by atoms with Crippen molar-refractivity contribution in [1.29, 1.82) is 0 Å². The molecule has 0 bridgehead atoms. The van der Waals surface area contributed by atoms with Crippen molar-refractivity contribution >= 4 is 11.5 Å². The molecule has 0 aliphatic carbocycles. The minimum Gasteiger partial charge on any atom is -0.295 e. The first-order valence-corrected chi connectivity index (χ1v) is 8.24. The third-order valence-corrected chi connectivity index (χ3v) is 4.53. The van der Waals surface area contributed by atoms with E-state index in [2.05, 4.69) is 10.1 Å². The Kier molecular flexibility index (Phi) is 3.50. The topological polar surface area (TPSA) is 67.2 Å². The molecule has 124 valence electrons. The lowest BCUT2D eigenvalue weighted by Gasteiger charge is -1.99. The van der Waals surface area contributed by atoms with Crippen molar-refractivity contribution in [3.8, 4) is 5.69 Å². The molecule has 5 nitrogen and oxygen atoms in total. The summed E-state index contributed by atoms with van der Waals surface area (Å²) in [4.78, 5) is 29.8. The van der Waals surface area contributed by atoms with Crippen LogP contribution in [0.25, 0.3) is 11.3 Å². The van der Waals surface area contributed by atoms with E-state index in [0.717, 1.165) is 22.9 Å². The van der Waals surface area contributed by atoms with Gasteiger partial charge in [0.1, 0.15) is 0 Å². The van der Waals surface area contributed by atoms with Gasteiger partial charge in [-0.1, -0.05) is 43.3 Å². The Morgan fingerprint density at radius 2 is 1.80 bits per heavy atom. The van der Waals surface area contributed by atoms with Crippen LogP contribution in [-0.2, 0) is 11.2 Å². The number of benzene rings is 2. The van der Waals surface area contributed by atoms with E-state index in [4.69, 9.17) is 0 Å². The highest BCUT2D eigenvalue weighted by atomic mass is 16.2. The number of nitrogens with one attached hydrogen (secondary N) is 1. The Hall–Kier alpha value is -3.21. The van der Waals surface area contributed by atoms with Crippen LogP contribution >= 0.6 is 0 Å². The summed E-state index contributed by atoms with van der Waals surface area (Å²) in [5.41, 5.74) is 2.94. The molecular weight excluding hydrogens is 314 g/mol. The zero-order valence-electron chi connectivity index (χ0n) is 14.0. The number of amides is 1. The molecule has 1 amide bonds. The van der Waals surface area contributed by atoms with Crippen LogP contribution in [0, 0.1) is 6.92 Å². The fourth-order valence-electron chi connectivity index (χ4n) is 3.32. The van der Waals surface area contributed by atoms with Crippen LogP contribution in [0.4, 0.5) is 0 Å². The Morgan fingerprint density at radius 1 is 1.04 bits per heavy atom. The number of para-hydroxylation sites is 2. The summed E-state index contributed by atoms with van der Waals surface area (Å²) >= 11 is 0. The highest BCUT2D eigenvalue weighted by Crippen LogP contribution is 2.16. The Labute approximate surface area is 144 Å². The second-order valence-corrected chi connectivity index (χ2v) is 6.05. The first-order chi connectivity index (χ1) is 12.1. The Balaban J connectivity index is 2.04. The van der Waals surface area contributed by atoms with Crippen LogP contribution < -0.4 is 16.1 Å². The number of H-pyrrole nitrogens is 1. The van der Waals surface area contributed by atoms with Gasteiger partial charge in [-0.15, -0.1) is 0 Å². The van der Waals surface area contributed by atoms with Gasteiger partial charge in [-0.05, 0) is 31.0 Å².